The largest absolute Gasteiger partial charge is 0.382 e. The van der Waals surface area contributed by atoms with Crippen LogP contribution in [0.15, 0.2) is 18.3 Å². The van der Waals surface area contributed by atoms with E-state index in [1.165, 1.54) is 0 Å². The quantitative estimate of drug-likeness (QED) is 0.765. The number of nitrogens with one attached hydrogen (secondary N) is 2. The first-order chi connectivity index (χ1) is 8.66. The molecule has 2 aromatic rings. The van der Waals surface area contributed by atoms with Crippen LogP contribution in [0.2, 0.25) is 5.02 Å². The van der Waals surface area contributed by atoms with Gasteiger partial charge in [-0.2, -0.15) is 0 Å². The van der Waals surface area contributed by atoms with Crippen LogP contribution in [-0.2, 0) is 0 Å². The van der Waals surface area contributed by atoms with E-state index in [9.17, 15) is 4.79 Å². The summed E-state index contributed by atoms with van der Waals surface area (Å²) in [6, 6.07) is 3.80. The normalized spacial score (nSPS) is 14.7. The van der Waals surface area contributed by atoms with E-state index in [2.05, 4.69) is 15.6 Å². The van der Waals surface area contributed by atoms with Gasteiger partial charge in [-0.15, -0.1) is 0 Å². The second-order valence-corrected chi connectivity index (χ2v) is 4.76. The summed E-state index contributed by atoms with van der Waals surface area (Å²) < 4.78 is 0. The summed E-state index contributed by atoms with van der Waals surface area (Å²) in [6.45, 7) is 3.26. The summed E-state index contributed by atoms with van der Waals surface area (Å²) in [5, 5.41) is 7.73. The van der Waals surface area contributed by atoms with Crippen molar-refractivity contribution in [3.8, 4) is 0 Å². The minimum Gasteiger partial charge on any atom is -0.382 e. The Morgan fingerprint density at radius 3 is 2.89 bits per heavy atom. The first kappa shape index (κ1) is 11.3. The van der Waals surface area contributed by atoms with Crippen molar-refractivity contribution in [3.63, 3.8) is 0 Å². The molecule has 0 atom stereocenters. The Labute approximate surface area is 109 Å². The summed E-state index contributed by atoms with van der Waals surface area (Å²) >= 11 is 6.09. The Kier molecular flexibility index (Phi) is 2.59. The minimum absolute atomic E-state index is 0.0861. The maximum atomic E-state index is 11.9. The second kappa shape index (κ2) is 4.14. The van der Waals surface area contributed by atoms with Gasteiger partial charge in [0.2, 0.25) is 0 Å². The van der Waals surface area contributed by atoms with Gasteiger partial charge >= 0.3 is 0 Å². The van der Waals surface area contributed by atoms with Gasteiger partial charge in [-0.1, -0.05) is 11.6 Å². The van der Waals surface area contributed by atoms with Gasteiger partial charge in [0.05, 0.1) is 16.8 Å². The molecule has 0 spiro atoms. The van der Waals surface area contributed by atoms with E-state index < -0.39 is 0 Å². The molecule has 0 fully saturated rings. The lowest BCUT2D eigenvalue weighted by atomic mass is 10.1. The number of carbonyl (C=O) groups excluding carboxylic acids is 1. The molecule has 0 radical (unpaired) electrons. The molecule has 5 heteroatoms. The zero-order valence-corrected chi connectivity index (χ0v) is 10.6. The molecule has 0 saturated heterocycles. The number of rotatable bonds is 0. The Morgan fingerprint density at radius 1 is 1.28 bits per heavy atom. The van der Waals surface area contributed by atoms with Gasteiger partial charge in [0.15, 0.2) is 0 Å². The Morgan fingerprint density at radius 2 is 2.06 bits per heavy atom. The molecule has 4 nitrogen and oxygen atoms in total. The molecule has 0 aliphatic carbocycles. The number of benzene rings is 1. The fourth-order valence-electron chi connectivity index (χ4n) is 2.14. The number of nitrogens with zero attached hydrogens (tertiary/aromatic N) is 1. The van der Waals surface area contributed by atoms with Crippen LogP contribution in [0.4, 0.5) is 5.69 Å². The highest BCUT2D eigenvalue weighted by Gasteiger charge is 2.18. The number of hydrogen-bond acceptors (Lipinski definition) is 3. The molecule has 1 aliphatic rings. The molecule has 2 heterocycles. The highest BCUT2D eigenvalue weighted by atomic mass is 35.5. The Bertz CT molecular complexity index is 654. The third-order valence-electron chi connectivity index (χ3n) is 3.11. The third kappa shape index (κ3) is 1.69. The molecular formula is C13H12ClN3O. The van der Waals surface area contributed by atoms with E-state index in [1.807, 2.05) is 19.1 Å². The summed E-state index contributed by atoms with van der Waals surface area (Å²) in [7, 11) is 0. The topological polar surface area (TPSA) is 54.0 Å². The van der Waals surface area contributed by atoms with Crippen molar-refractivity contribution in [1.82, 2.24) is 10.3 Å². The number of aromatic nitrogens is 1. The average Bonchev–Trinajstić information content (AvgIpc) is 2.53. The number of carbonyl (C=O) groups is 1. The van der Waals surface area contributed by atoms with Crippen LogP contribution in [0, 0.1) is 6.92 Å². The minimum atomic E-state index is -0.0861. The number of anilines is 1. The zero-order valence-electron chi connectivity index (χ0n) is 9.88. The molecule has 0 saturated carbocycles. The smallest absolute Gasteiger partial charge is 0.255 e. The van der Waals surface area contributed by atoms with Crippen LogP contribution in [0.5, 0.6) is 0 Å². The second-order valence-electron chi connectivity index (χ2n) is 4.35. The standard InChI is InChI=1S/C13H12ClN3O/c1-7-4-8-11(5-10(7)14)17-6-9-12(8)15-2-3-16-13(9)18/h4-6,15H,2-3H2,1H3,(H,16,18). The lowest BCUT2D eigenvalue weighted by Gasteiger charge is -2.11. The fourth-order valence-corrected chi connectivity index (χ4v) is 2.30. The van der Waals surface area contributed by atoms with E-state index >= 15 is 0 Å². The maximum Gasteiger partial charge on any atom is 0.255 e. The monoisotopic (exact) mass is 261 g/mol. The van der Waals surface area contributed by atoms with Crippen LogP contribution < -0.4 is 10.6 Å². The molecule has 18 heavy (non-hydrogen) atoms. The van der Waals surface area contributed by atoms with Crippen molar-refractivity contribution in [2.45, 2.75) is 6.92 Å². The van der Waals surface area contributed by atoms with Crippen molar-refractivity contribution in [3.05, 3.63) is 34.5 Å². The van der Waals surface area contributed by atoms with Crippen molar-refractivity contribution >= 4 is 34.1 Å². The SMILES string of the molecule is Cc1cc2c3c(cnc2cc1Cl)C(=O)NCCN3. The summed E-state index contributed by atoms with van der Waals surface area (Å²) in [5.41, 5.74) is 3.20. The van der Waals surface area contributed by atoms with Crippen LogP contribution in [0.3, 0.4) is 0 Å². The van der Waals surface area contributed by atoms with Gasteiger partial charge in [0.25, 0.3) is 5.91 Å². The molecule has 0 bridgehead atoms. The van der Waals surface area contributed by atoms with Crippen LogP contribution in [0.25, 0.3) is 10.9 Å². The van der Waals surface area contributed by atoms with E-state index in [0.717, 1.165) is 22.2 Å². The maximum absolute atomic E-state index is 11.9. The molecule has 0 unspecified atom stereocenters. The lowest BCUT2D eigenvalue weighted by molar-refractivity contribution is 0.0958. The van der Waals surface area contributed by atoms with Crippen LogP contribution in [0.1, 0.15) is 15.9 Å². The lowest BCUT2D eigenvalue weighted by Crippen LogP contribution is -2.24. The van der Waals surface area contributed by atoms with Gasteiger partial charge in [-0.25, -0.2) is 0 Å². The number of fused-ring (bicyclic) bond motifs is 3. The summed E-state index contributed by atoms with van der Waals surface area (Å²) in [5.74, 6) is -0.0861. The molecule has 1 aromatic heterocycles. The van der Waals surface area contributed by atoms with Crippen LogP contribution in [-0.4, -0.2) is 24.0 Å². The molecule has 3 rings (SSSR count). The first-order valence-corrected chi connectivity index (χ1v) is 6.15. The highest BCUT2D eigenvalue weighted by Crippen LogP contribution is 2.30. The Balaban J connectivity index is 2.33. The fraction of sp³-hybridized carbons (Fsp3) is 0.231. The number of pyridine rings is 1. The van der Waals surface area contributed by atoms with Gasteiger partial charge < -0.3 is 10.6 Å². The van der Waals surface area contributed by atoms with Gasteiger partial charge in [-0.3, -0.25) is 9.78 Å². The van der Waals surface area contributed by atoms with Gasteiger partial charge in [-0.05, 0) is 24.6 Å². The molecule has 1 aliphatic heterocycles. The summed E-state index contributed by atoms with van der Waals surface area (Å²) in [4.78, 5) is 16.2. The van der Waals surface area contributed by atoms with Crippen molar-refractivity contribution in [1.29, 1.82) is 0 Å². The average molecular weight is 262 g/mol. The van der Waals surface area contributed by atoms with E-state index in [0.29, 0.717) is 23.7 Å². The Hall–Kier alpha value is -1.81. The van der Waals surface area contributed by atoms with Crippen molar-refractivity contribution < 1.29 is 4.79 Å². The number of aryl methyl sites for hydroxylation is 1. The number of amides is 1. The first-order valence-electron chi connectivity index (χ1n) is 5.78. The zero-order chi connectivity index (χ0) is 12.7. The molecular weight excluding hydrogens is 250 g/mol. The van der Waals surface area contributed by atoms with Crippen molar-refractivity contribution in [2.75, 3.05) is 18.4 Å². The third-order valence-corrected chi connectivity index (χ3v) is 3.51. The number of hydrogen-bond donors (Lipinski definition) is 2. The van der Waals surface area contributed by atoms with Crippen molar-refractivity contribution in [2.24, 2.45) is 0 Å². The van der Waals surface area contributed by atoms with Crippen LogP contribution >= 0.6 is 11.6 Å². The molecule has 2 N–H and O–H groups in total. The van der Waals surface area contributed by atoms with Gasteiger partial charge in [0, 0.05) is 29.7 Å². The van der Waals surface area contributed by atoms with E-state index in [-0.39, 0.29) is 5.91 Å². The van der Waals surface area contributed by atoms with Gasteiger partial charge in [0.1, 0.15) is 0 Å². The predicted molar refractivity (Wildman–Crippen MR) is 72.3 cm³/mol. The molecule has 1 aromatic carbocycles. The molecule has 92 valence electrons. The highest BCUT2D eigenvalue weighted by molar-refractivity contribution is 6.32. The summed E-state index contributed by atoms with van der Waals surface area (Å²) in [6.07, 6.45) is 1.59. The predicted octanol–water partition coefficient (Wildman–Crippen LogP) is 2.35. The number of halogens is 1. The molecule has 1 amide bonds. The van der Waals surface area contributed by atoms with E-state index in [1.54, 1.807) is 6.20 Å². The van der Waals surface area contributed by atoms with E-state index in [4.69, 9.17) is 11.6 Å².